The highest BCUT2D eigenvalue weighted by molar-refractivity contribution is 6.52. The van der Waals surface area contributed by atoms with Crippen molar-refractivity contribution >= 4 is 11.4 Å². The third-order valence-corrected chi connectivity index (χ3v) is 2.13. The molecule has 16 heavy (non-hydrogen) atoms. The van der Waals surface area contributed by atoms with E-state index in [0.29, 0.717) is 11.4 Å². The van der Waals surface area contributed by atoms with E-state index in [1.54, 1.807) is 36.7 Å². The Kier molecular flexibility index (Phi) is 2.73. The Hall–Kier alpha value is -2.50. The fourth-order valence-electron chi connectivity index (χ4n) is 1.41. The van der Waals surface area contributed by atoms with Crippen molar-refractivity contribution in [2.24, 2.45) is 10.3 Å². The van der Waals surface area contributed by atoms with Gasteiger partial charge in [-0.2, -0.15) is 0 Å². The Bertz CT molecular complexity index is 449. The number of aromatic nitrogens is 2. The molecule has 2 heterocycles. The van der Waals surface area contributed by atoms with Gasteiger partial charge in [-0.25, -0.2) is 0 Å². The average molecular weight is 218 g/mol. The van der Waals surface area contributed by atoms with Gasteiger partial charge in [0.15, 0.2) is 11.4 Å². The molecule has 0 atom stereocenters. The van der Waals surface area contributed by atoms with Crippen molar-refractivity contribution in [1.29, 1.82) is 0 Å². The molecule has 6 heteroatoms. The molecule has 0 amide bonds. The van der Waals surface area contributed by atoms with E-state index in [-0.39, 0.29) is 11.4 Å². The molecule has 0 unspecified atom stereocenters. The van der Waals surface area contributed by atoms with Gasteiger partial charge in [0.2, 0.25) is 0 Å². The Balaban J connectivity index is 2.43. The number of rotatable bonds is 3. The Morgan fingerprint density at radius 3 is 1.56 bits per heavy atom. The van der Waals surface area contributed by atoms with E-state index in [1.165, 1.54) is 0 Å². The van der Waals surface area contributed by atoms with E-state index in [4.69, 9.17) is 10.4 Å². The fraction of sp³-hybridized carbons (Fsp3) is 0. The first-order valence-electron chi connectivity index (χ1n) is 4.59. The van der Waals surface area contributed by atoms with Crippen LogP contribution in [0.25, 0.3) is 0 Å². The van der Waals surface area contributed by atoms with Gasteiger partial charge in [-0.05, 0) is 24.3 Å². The van der Waals surface area contributed by atoms with Gasteiger partial charge in [-0.1, -0.05) is 10.3 Å². The quantitative estimate of drug-likeness (QED) is 0.356. The zero-order valence-corrected chi connectivity index (χ0v) is 8.25. The third-order valence-electron chi connectivity index (χ3n) is 2.13. The lowest BCUT2D eigenvalue weighted by atomic mass is 10.1. The van der Waals surface area contributed by atoms with Crippen LogP contribution in [-0.2, 0) is 0 Å². The molecular formula is C10H10N4O2. The van der Waals surface area contributed by atoms with Crippen LogP contribution in [0, 0.1) is 0 Å². The summed E-state index contributed by atoms with van der Waals surface area (Å²) in [6.45, 7) is 0. The largest absolute Gasteiger partial charge is 0.410 e. The molecule has 2 aromatic rings. The maximum absolute atomic E-state index is 8.96. The van der Waals surface area contributed by atoms with Crippen molar-refractivity contribution in [3.63, 3.8) is 0 Å². The zero-order chi connectivity index (χ0) is 11.4. The number of nitrogens with zero attached hydrogens (tertiary/aromatic N) is 2. The summed E-state index contributed by atoms with van der Waals surface area (Å²) in [5.41, 5.74) is 1.44. The van der Waals surface area contributed by atoms with E-state index in [1.807, 2.05) is 0 Å². The summed E-state index contributed by atoms with van der Waals surface area (Å²) < 4.78 is 0. The van der Waals surface area contributed by atoms with Gasteiger partial charge < -0.3 is 20.4 Å². The van der Waals surface area contributed by atoms with Crippen LogP contribution in [0.4, 0.5) is 0 Å². The minimum Gasteiger partial charge on any atom is -0.410 e. The molecule has 4 N–H and O–H groups in total. The summed E-state index contributed by atoms with van der Waals surface area (Å²) in [5, 5.41) is 24.2. The van der Waals surface area contributed by atoms with Crippen LogP contribution in [0.15, 0.2) is 47.0 Å². The summed E-state index contributed by atoms with van der Waals surface area (Å²) in [6, 6.07) is 6.93. The second-order valence-electron chi connectivity index (χ2n) is 3.06. The maximum Gasteiger partial charge on any atom is 0.157 e. The monoisotopic (exact) mass is 218 g/mol. The number of hydrogen-bond acceptors (Lipinski definition) is 4. The lowest BCUT2D eigenvalue weighted by Crippen LogP contribution is -2.18. The van der Waals surface area contributed by atoms with Crippen LogP contribution in [0.5, 0.6) is 0 Å². The van der Waals surface area contributed by atoms with E-state index < -0.39 is 0 Å². The SMILES string of the molecule is O/N=C(/C(=N/O)c1ccc[nH]1)c1ccc[nH]1. The van der Waals surface area contributed by atoms with Gasteiger partial charge in [-0.3, -0.25) is 0 Å². The minimum absolute atomic E-state index is 0.162. The first-order chi connectivity index (χ1) is 7.86. The van der Waals surface area contributed by atoms with Gasteiger partial charge in [0, 0.05) is 12.4 Å². The van der Waals surface area contributed by atoms with Gasteiger partial charge in [-0.15, -0.1) is 0 Å². The number of H-pyrrole nitrogens is 2. The highest BCUT2D eigenvalue weighted by Crippen LogP contribution is 2.06. The molecular weight excluding hydrogens is 208 g/mol. The van der Waals surface area contributed by atoms with Crippen LogP contribution < -0.4 is 0 Å². The molecule has 0 fully saturated rings. The molecule has 0 aliphatic carbocycles. The van der Waals surface area contributed by atoms with Crippen LogP contribution >= 0.6 is 0 Å². The molecule has 0 radical (unpaired) electrons. The molecule has 0 bridgehead atoms. The lowest BCUT2D eigenvalue weighted by molar-refractivity contribution is 0.314. The van der Waals surface area contributed by atoms with Crippen molar-refractivity contribution < 1.29 is 10.4 Å². The number of hydrogen-bond donors (Lipinski definition) is 4. The highest BCUT2D eigenvalue weighted by atomic mass is 16.4. The summed E-state index contributed by atoms with van der Waals surface area (Å²) in [4.78, 5) is 5.74. The van der Waals surface area contributed by atoms with E-state index in [2.05, 4.69) is 20.3 Å². The smallest absolute Gasteiger partial charge is 0.157 e. The lowest BCUT2D eigenvalue weighted by Gasteiger charge is -2.02. The highest BCUT2D eigenvalue weighted by Gasteiger charge is 2.17. The van der Waals surface area contributed by atoms with E-state index in [9.17, 15) is 0 Å². The number of aromatic amines is 2. The zero-order valence-electron chi connectivity index (χ0n) is 8.25. The maximum atomic E-state index is 8.96. The average Bonchev–Trinajstić information content (AvgIpc) is 2.97. The second-order valence-corrected chi connectivity index (χ2v) is 3.06. The van der Waals surface area contributed by atoms with Crippen molar-refractivity contribution in [3.8, 4) is 0 Å². The molecule has 0 aliphatic heterocycles. The molecule has 6 nitrogen and oxygen atoms in total. The molecule has 0 saturated heterocycles. The Morgan fingerprint density at radius 2 is 1.31 bits per heavy atom. The van der Waals surface area contributed by atoms with E-state index in [0.717, 1.165) is 0 Å². The number of nitrogens with one attached hydrogen (secondary N) is 2. The Morgan fingerprint density at radius 1 is 0.875 bits per heavy atom. The van der Waals surface area contributed by atoms with Crippen LogP contribution in [0.3, 0.4) is 0 Å². The van der Waals surface area contributed by atoms with Crippen molar-refractivity contribution in [2.45, 2.75) is 0 Å². The number of oxime groups is 2. The standard InChI is InChI=1S/C10H10N4O2/c15-13-9(7-3-1-5-11-7)10(14-16)8-4-2-6-12-8/h1-6,11-12,15-16H/b13-9+,14-10+. The van der Waals surface area contributed by atoms with Gasteiger partial charge in [0.05, 0.1) is 11.4 Å². The molecule has 0 saturated carbocycles. The molecule has 0 spiro atoms. The van der Waals surface area contributed by atoms with Crippen molar-refractivity contribution in [3.05, 3.63) is 48.0 Å². The molecule has 0 aliphatic rings. The summed E-state index contributed by atoms with van der Waals surface area (Å²) in [7, 11) is 0. The second kappa shape index (κ2) is 4.35. The van der Waals surface area contributed by atoms with Crippen LogP contribution in [0.2, 0.25) is 0 Å². The summed E-state index contributed by atoms with van der Waals surface area (Å²) >= 11 is 0. The topological polar surface area (TPSA) is 96.8 Å². The predicted molar refractivity (Wildman–Crippen MR) is 58.2 cm³/mol. The molecule has 2 rings (SSSR count). The fourth-order valence-corrected chi connectivity index (χ4v) is 1.41. The minimum atomic E-state index is 0.162. The van der Waals surface area contributed by atoms with Crippen molar-refractivity contribution in [1.82, 2.24) is 9.97 Å². The van der Waals surface area contributed by atoms with Gasteiger partial charge in [0.1, 0.15) is 0 Å². The van der Waals surface area contributed by atoms with Crippen LogP contribution in [0.1, 0.15) is 11.4 Å². The van der Waals surface area contributed by atoms with Crippen LogP contribution in [-0.4, -0.2) is 31.8 Å². The first kappa shape index (κ1) is 10.0. The normalized spacial score (nSPS) is 13.0. The first-order valence-corrected chi connectivity index (χ1v) is 4.59. The third kappa shape index (κ3) is 1.68. The molecule has 82 valence electrons. The summed E-state index contributed by atoms with van der Waals surface area (Å²) in [5.74, 6) is 0. The van der Waals surface area contributed by atoms with Crippen molar-refractivity contribution in [2.75, 3.05) is 0 Å². The molecule has 2 aromatic heterocycles. The van der Waals surface area contributed by atoms with E-state index >= 15 is 0 Å². The predicted octanol–water partition coefficient (Wildman–Crippen LogP) is 1.40. The Labute approximate surface area is 90.9 Å². The molecule has 0 aromatic carbocycles. The van der Waals surface area contributed by atoms with Gasteiger partial charge in [0.25, 0.3) is 0 Å². The van der Waals surface area contributed by atoms with Gasteiger partial charge >= 0.3 is 0 Å². The summed E-state index contributed by atoms with van der Waals surface area (Å²) in [6.07, 6.45) is 3.37.